The fraction of sp³-hybridized carbons (Fsp3) is 0.526. The highest BCUT2D eigenvalue weighted by Gasteiger charge is 2.22. The lowest BCUT2D eigenvalue weighted by atomic mass is 10.2. The van der Waals surface area contributed by atoms with Crippen LogP contribution in [-0.2, 0) is 4.74 Å². The molecule has 0 aliphatic carbocycles. The highest BCUT2D eigenvalue weighted by molar-refractivity contribution is 5.93. The topological polar surface area (TPSA) is 102 Å². The lowest BCUT2D eigenvalue weighted by Gasteiger charge is -2.21. The number of nitrogens with zero attached hydrogens (tertiary/aromatic N) is 5. The maximum Gasteiger partial charge on any atom is 0.408 e. The molecule has 2 heterocycles. The van der Waals surface area contributed by atoms with Crippen LogP contribution in [0.25, 0.3) is 5.82 Å². The molecule has 0 radical (unpaired) electrons. The van der Waals surface area contributed by atoms with E-state index in [1.807, 2.05) is 6.92 Å². The number of alkyl carbamates (subject to hydrolysis) is 1. The standard InChI is InChI=1S/C19H28N6O3/c1-8-24(7)17(26)14-9-10-15(20-11-14)25-16(22-13(3)23-25)12(2)21-18(27)28-19(4,5)6/h9-12H,8H2,1-7H3,(H,21,27)/t12-/m0/s1. The normalized spacial score (nSPS) is 12.4. The first-order chi connectivity index (χ1) is 13.0. The van der Waals surface area contributed by atoms with Gasteiger partial charge >= 0.3 is 6.09 Å². The third-order valence-electron chi connectivity index (χ3n) is 3.89. The molecular formula is C19H28N6O3. The summed E-state index contributed by atoms with van der Waals surface area (Å²) in [5, 5.41) is 7.12. The third kappa shape index (κ3) is 5.28. The molecule has 1 atom stereocenters. The average Bonchev–Trinajstić information content (AvgIpc) is 3.00. The maximum absolute atomic E-state index is 12.2. The second-order valence-corrected chi connectivity index (χ2v) is 7.52. The van der Waals surface area contributed by atoms with Gasteiger partial charge in [0.2, 0.25) is 0 Å². The molecule has 0 unspecified atom stereocenters. The Balaban J connectivity index is 2.24. The van der Waals surface area contributed by atoms with Crippen molar-refractivity contribution in [1.82, 2.24) is 30.0 Å². The molecule has 0 saturated carbocycles. The monoisotopic (exact) mass is 388 g/mol. The molecule has 1 N–H and O–H groups in total. The summed E-state index contributed by atoms with van der Waals surface area (Å²) >= 11 is 0. The highest BCUT2D eigenvalue weighted by Crippen LogP contribution is 2.16. The molecule has 0 saturated heterocycles. The van der Waals surface area contributed by atoms with E-state index in [1.54, 1.807) is 63.4 Å². The van der Waals surface area contributed by atoms with E-state index in [1.165, 1.54) is 6.20 Å². The van der Waals surface area contributed by atoms with Gasteiger partial charge in [-0.2, -0.15) is 4.68 Å². The highest BCUT2D eigenvalue weighted by atomic mass is 16.6. The van der Waals surface area contributed by atoms with Crippen molar-refractivity contribution in [2.75, 3.05) is 13.6 Å². The summed E-state index contributed by atoms with van der Waals surface area (Å²) in [6.45, 7) is 11.5. The maximum atomic E-state index is 12.2. The molecule has 28 heavy (non-hydrogen) atoms. The molecular weight excluding hydrogens is 360 g/mol. The van der Waals surface area contributed by atoms with Gasteiger partial charge in [0.05, 0.1) is 11.6 Å². The van der Waals surface area contributed by atoms with Crippen molar-refractivity contribution < 1.29 is 14.3 Å². The van der Waals surface area contributed by atoms with E-state index in [9.17, 15) is 9.59 Å². The van der Waals surface area contributed by atoms with Crippen molar-refractivity contribution >= 4 is 12.0 Å². The van der Waals surface area contributed by atoms with Crippen LogP contribution in [0, 0.1) is 6.92 Å². The number of aryl methyl sites for hydroxylation is 1. The molecule has 0 fully saturated rings. The van der Waals surface area contributed by atoms with Gasteiger partial charge in [-0.1, -0.05) is 0 Å². The number of aromatic nitrogens is 4. The summed E-state index contributed by atoms with van der Waals surface area (Å²) in [5.74, 6) is 1.46. The fourth-order valence-electron chi connectivity index (χ4n) is 2.43. The SMILES string of the molecule is CCN(C)C(=O)c1ccc(-n2nc(C)nc2[C@H](C)NC(=O)OC(C)(C)C)nc1. The average molecular weight is 388 g/mol. The molecule has 9 nitrogen and oxygen atoms in total. The first kappa shape index (κ1) is 21.3. The largest absolute Gasteiger partial charge is 0.444 e. The van der Waals surface area contributed by atoms with Gasteiger partial charge in [0.1, 0.15) is 11.4 Å². The molecule has 2 rings (SSSR count). The van der Waals surface area contributed by atoms with Crippen molar-refractivity contribution in [2.24, 2.45) is 0 Å². The number of rotatable bonds is 5. The number of pyridine rings is 1. The first-order valence-corrected chi connectivity index (χ1v) is 9.16. The minimum Gasteiger partial charge on any atom is -0.444 e. The Hall–Kier alpha value is -2.97. The Bertz CT molecular complexity index is 838. The van der Waals surface area contributed by atoms with Crippen LogP contribution in [0.1, 0.15) is 62.7 Å². The van der Waals surface area contributed by atoms with E-state index in [-0.39, 0.29) is 5.91 Å². The Morgan fingerprint density at radius 1 is 1.32 bits per heavy atom. The van der Waals surface area contributed by atoms with Crippen molar-refractivity contribution in [1.29, 1.82) is 0 Å². The first-order valence-electron chi connectivity index (χ1n) is 9.16. The van der Waals surface area contributed by atoms with Crippen molar-refractivity contribution in [3.05, 3.63) is 35.5 Å². The summed E-state index contributed by atoms with van der Waals surface area (Å²) in [6, 6.07) is 2.95. The molecule has 0 aliphatic heterocycles. The summed E-state index contributed by atoms with van der Waals surface area (Å²) < 4.78 is 6.84. The van der Waals surface area contributed by atoms with E-state index in [2.05, 4.69) is 20.4 Å². The quantitative estimate of drug-likeness (QED) is 0.845. The van der Waals surface area contributed by atoms with E-state index in [4.69, 9.17) is 4.74 Å². The summed E-state index contributed by atoms with van der Waals surface area (Å²) in [4.78, 5) is 34.6. The molecule has 0 spiro atoms. The molecule has 152 valence electrons. The summed E-state index contributed by atoms with van der Waals surface area (Å²) in [7, 11) is 1.74. The van der Waals surface area contributed by atoms with E-state index >= 15 is 0 Å². The zero-order chi connectivity index (χ0) is 21.1. The van der Waals surface area contributed by atoms with Crippen molar-refractivity contribution in [3.63, 3.8) is 0 Å². The number of hydrogen-bond donors (Lipinski definition) is 1. The Kier molecular flexibility index (Phi) is 6.37. The lowest BCUT2D eigenvalue weighted by molar-refractivity contribution is 0.0505. The van der Waals surface area contributed by atoms with Crippen LogP contribution >= 0.6 is 0 Å². The number of amides is 2. The van der Waals surface area contributed by atoms with Crippen LogP contribution in [0.15, 0.2) is 18.3 Å². The number of nitrogens with one attached hydrogen (secondary N) is 1. The van der Waals surface area contributed by atoms with Gasteiger partial charge in [0.15, 0.2) is 11.6 Å². The van der Waals surface area contributed by atoms with Gasteiger partial charge in [0.25, 0.3) is 5.91 Å². The molecule has 0 aromatic carbocycles. The van der Waals surface area contributed by atoms with Crippen molar-refractivity contribution in [2.45, 2.75) is 53.2 Å². The van der Waals surface area contributed by atoms with E-state index in [0.29, 0.717) is 29.6 Å². The van der Waals surface area contributed by atoms with Crippen LogP contribution < -0.4 is 5.32 Å². The molecule has 2 amide bonds. The number of carbonyl (C=O) groups excluding carboxylic acids is 2. The van der Waals surface area contributed by atoms with Gasteiger partial charge in [-0.15, -0.1) is 5.10 Å². The lowest BCUT2D eigenvalue weighted by Crippen LogP contribution is -2.35. The Labute approximate surface area is 165 Å². The predicted octanol–water partition coefficient (Wildman–Crippen LogP) is 2.65. The van der Waals surface area contributed by atoms with Crippen LogP contribution in [0.2, 0.25) is 0 Å². The van der Waals surface area contributed by atoms with Gasteiger partial charge in [-0.3, -0.25) is 4.79 Å². The van der Waals surface area contributed by atoms with Crippen molar-refractivity contribution in [3.8, 4) is 5.82 Å². The predicted molar refractivity (Wildman–Crippen MR) is 104 cm³/mol. The van der Waals surface area contributed by atoms with Gasteiger partial charge in [-0.05, 0) is 53.7 Å². The zero-order valence-corrected chi connectivity index (χ0v) is 17.5. The minimum atomic E-state index is -0.594. The van der Waals surface area contributed by atoms with Crippen LogP contribution in [0.3, 0.4) is 0 Å². The summed E-state index contributed by atoms with van der Waals surface area (Å²) in [5.41, 5.74) is -0.102. The van der Waals surface area contributed by atoms with Gasteiger partial charge in [0, 0.05) is 19.8 Å². The van der Waals surface area contributed by atoms with Gasteiger partial charge < -0.3 is 15.0 Å². The number of carbonyl (C=O) groups is 2. The molecule has 2 aromatic rings. The van der Waals surface area contributed by atoms with Crippen LogP contribution in [-0.4, -0.2) is 55.8 Å². The summed E-state index contributed by atoms with van der Waals surface area (Å²) in [6.07, 6.45) is 0.972. The second-order valence-electron chi connectivity index (χ2n) is 7.52. The zero-order valence-electron chi connectivity index (χ0n) is 17.5. The Morgan fingerprint density at radius 3 is 2.54 bits per heavy atom. The van der Waals surface area contributed by atoms with E-state index < -0.39 is 17.7 Å². The fourth-order valence-corrected chi connectivity index (χ4v) is 2.43. The molecule has 9 heteroatoms. The molecule has 2 aromatic heterocycles. The molecule has 0 bridgehead atoms. The Morgan fingerprint density at radius 2 is 2.00 bits per heavy atom. The van der Waals surface area contributed by atoms with Gasteiger partial charge in [-0.25, -0.2) is 14.8 Å². The number of hydrogen-bond acceptors (Lipinski definition) is 6. The molecule has 0 aliphatic rings. The smallest absolute Gasteiger partial charge is 0.408 e. The van der Waals surface area contributed by atoms with Crippen LogP contribution in [0.4, 0.5) is 4.79 Å². The second kappa shape index (κ2) is 8.37. The van der Waals surface area contributed by atoms with E-state index in [0.717, 1.165) is 0 Å². The number of ether oxygens (including phenoxy) is 1. The third-order valence-corrected chi connectivity index (χ3v) is 3.89. The minimum absolute atomic E-state index is 0.100. The van der Waals surface area contributed by atoms with Crippen LogP contribution in [0.5, 0.6) is 0 Å².